The molecule has 0 saturated carbocycles. The van der Waals surface area contributed by atoms with Gasteiger partial charge in [0.25, 0.3) is 5.69 Å². The second kappa shape index (κ2) is 10.3. The average molecular weight is 566 g/mol. The van der Waals surface area contributed by atoms with Gasteiger partial charge in [-0.25, -0.2) is 8.42 Å². The first-order chi connectivity index (χ1) is 18.7. The van der Waals surface area contributed by atoms with Gasteiger partial charge in [-0.3, -0.25) is 19.8 Å². The number of nitrogens with zero attached hydrogens (tertiary/aromatic N) is 3. The molecule has 0 spiro atoms. The fourth-order valence-electron chi connectivity index (χ4n) is 4.54. The summed E-state index contributed by atoms with van der Waals surface area (Å²) in [6.07, 6.45) is 2.72. The molecule has 2 N–H and O–H groups in total. The molecule has 0 amide bonds. The Hall–Kier alpha value is -4.49. The van der Waals surface area contributed by atoms with Gasteiger partial charge >= 0.3 is 0 Å². The molecule has 13 heteroatoms. The van der Waals surface area contributed by atoms with Crippen molar-refractivity contribution in [1.29, 1.82) is 0 Å². The molecule has 1 aliphatic heterocycles. The highest BCUT2D eigenvalue weighted by molar-refractivity contribution is 7.92. The number of para-hydroxylation sites is 1. The van der Waals surface area contributed by atoms with Crippen molar-refractivity contribution in [1.82, 2.24) is 10.3 Å². The third-order valence-electron chi connectivity index (χ3n) is 6.14. The molecule has 2 aromatic carbocycles. The molecule has 11 nitrogen and oxygen atoms in total. The summed E-state index contributed by atoms with van der Waals surface area (Å²) in [5, 5.41) is 15.3. The molecule has 3 heterocycles. The molecule has 0 unspecified atom stereocenters. The van der Waals surface area contributed by atoms with Crippen LogP contribution in [0, 0.1) is 10.1 Å². The Kier molecular flexibility index (Phi) is 6.93. The monoisotopic (exact) mass is 565 g/mol. The van der Waals surface area contributed by atoms with E-state index in [0.29, 0.717) is 39.3 Å². The molecule has 200 valence electrons. The van der Waals surface area contributed by atoms with Crippen molar-refractivity contribution in [3.8, 4) is 17.1 Å². The number of methoxy groups -OCH3 is 1. The molecule has 1 aliphatic rings. The summed E-state index contributed by atoms with van der Waals surface area (Å²) in [5.74, 6) is 1.13. The topological polar surface area (TPSA) is 140 Å². The number of benzene rings is 2. The number of hydrogen-bond donors (Lipinski definition) is 2. The van der Waals surface area contributed by atoms with Crippen molar-refractivity contribution in [2.24, 2.45) is 0 Å². The zero-order chi connectivity index (χ0) is 27.7. The van der Waals surface area contributed by atoms with Crippen LogP contribution in [0.5, 0.6) is 5.75 Å². The number of ether oxygens (including phenoxy) is 1. The number of nitro benzene ring substituents is 1. The van der Waals surface area contributed by atoms with Gasteiger partial charge in [0.1, 0.15) is 23.3 Å². The first kappa shape index (κ1) is 26.1. The minimum Gasteiger partial charge on any atom is -0.495 e. The van der Waals surface area contributed by atoms with Gasteiger partial charge in [-0.15, -0.1) is 0 Å². The predicted molar refractivity (Wildman–Crippen MR) is 150 cm³/mol. The van der Waals surface area contributed by atoms with E-state index >= 15 is 0 Å². The summed E-state index contributed by atoms with van der Waals surface area (Å²) in [6.45, 7) is 0. The lowest BCUT2D eigenvalue weighted by Crippen LogP contribution is -2.29. The van der Waals surface area contributed by atoms with Gasteiger partial charge in [0.15, 0.2) is 5.11 Å². The Labute approximate surface area is 229 Å². The summed E-state index contributed by atoms with van der Waals surface area (Å²) in [4.78, 5) is 17.5. The van der Waals surface area contributed by atoms with E-state index in [1.54, 1.807) is 65.7 Å². The number of rotatable bonds is 8. The van der Waals surface area contributed by atoms with Gasteiger partial charge < -0.3 is 19.4 Å². The first-order valence-electron chi connectivity index (χ1n) is 11.7. The standard InChI is InChI=1S/C26H23N5O6S2/c1-36-22-11-10-16(15-19(22)29-39(2,34)35)30-25(24(28-26(30)38)18-8-5-6-14-27-18)23-13-12-21(37-23)17-7-3-4-9-20(17)31(32)33/h3-15,24-25,29H,1-2H3,(H,28,38)/t24-,25-/m0/s1. The van der Waals surface area contributed by atoms with Crippen molar-refractivity contribution >= 4 is 44.4 Å². The maximum absolute atomic E-state index is 12.0. The van der Waals surface area contributed by atoms with Crippen LogP contribution in [0.25, 0.3) is 11.3 Å². The highest BCUT2D eigenvalue weighted by atomic mass is 32.2. The van der Waals surface area contributed by atoms with Crippen LogP contribution < -0.4 is 19.7 Å². The largest absolute Gasteiger partial charge is 0.495 e. The molecule has 1 fully saturated rings. The third-order valence-corrected chi connectivity index (χ3v) is 7.04. The van der Waals surface area contributed by atoms with Crippen LogP contribution in [0.1, 0.15) is 23.5 Å². The summed E-state index contributed by atoms with van der Waals surface area (Å²) in [5.41, 5.74) is 1.75. The smallest absolute Gasteiger partial charge is 0.280 e. The molecule has 0 radical (unpaired) electrons. The Morgan fingerprint density at radius 3 is 2.59 bits per heavy atom. The molecule has 2 atom stereocenters. The maximum Gasteiger partial charge on any atom is 0.280 e. The van der Waals surface area contributed by atoms with E-state index in [9.17, 15) is 18.5 Å². The highest BCUT2D eigenvalue weighted by Gasteiger charge is 2.43. The molecule has 5 rings (SSSR count). The molecule has 2 aromatic heterocycles. The van der Waals surface area contributed by atoms with E-state index in [2.05, 4.69) is 15.0 Å². The van der Waals surface area contributed by atoms with Crippen molar-refractivity contribution in [2.75, 3.05) is 23.0 Å². The van der Waals surface area contributed by atoms with Crippen LogP contribution in [-0.4, -0.2) is 36.8 Å². The summed E-state index contributed by atoms with van der Waals surface area (Å²) < 4.78 is 38.1. The average Bonchev–Trinajstić information content (AvgIpc) is 3.53. The Balaban J connectivity index is 1.63. The van der Waals surface area contributed by atoms with Gasteiger partial charge in [-0.05, 0) is 60.7 Å². The van der Waals surface area contributed by atoms with Gasteiger partial charge in [-0.1, -0.05) is 18.2 Å². The number of sulfonamides is 1. The number of furan rings is 1. The van der Waals surface area contributed by atoms with Crippen molar-refractivity contribution in [2.45, 2.75) is 12.1 Å². The van der Waals surface area contributed by atoms with Gasteiger partial charge in [-0.2, -0.15) is 0 Å². The van der Waals surface area contributed by atoms with Crippen LogP contribution in [0.4, 0.5) is 17.1 Å². The number of hydrogen-bond acceptors (Lipinski definition) is 8. The third kappa shape index (κ3) is 5.26. The number of aromatic nitrogens is 1. The Morgan fingerprint density at radius 1 is 1.13 bits per heavy atom. The molecule has 0 aliphatic carbocycles. The lowest BCUT2D eigenvalue weighted by molar-refractivity contribution is -0.384. The lowest BCUT2D eigenvalue weighted by Gasteiger charge is -2.27. The molecule has 4 aromatic rings. The van der Waals surface area contributed by atoms with Crippen LogP contribution in [0.15, 0.2) is 83.4 Å². The van der Waals surface area contributed by atoms with E-state index in [-0.39, 0.29) is 11.4 Å². The van der Waals surface area contributed by atoms with Gasteiger partial charge in [0.2, 0.25) is 10.0 Å². The molecule has 39 heavy (non-hydrogen) atoms. The summed E-state index contributed by atoms with van der Waals surface area (Å²) in [6, 6.07) is 19.3. The van der Waals surface area contributed by atoms with Crippen LogP contribution in [0.2, 0.25) is 0 Å². The van der Waals surface area contributed by atoms with Gasteiger partial charge in [0, 0.05) is 18.0 Å². The van der Waals surface area contributed by atoms with Crippen LogP contribution >= 0.6 is 12.2 Å². The number of pyridine rings is 1. The van der Waals surface area contributed by atoms with Gasteiger partial charge in [0.05, 0.1) is 41.3 Å². The summed E-state index contributed by atoms with van der Waals surface area (Å²) >= 11 is 5.73. The number of anilines is 2. The van der Waals surface area contributed by atoms with E-state index < -0.39 is 27.0 Å². The SMILES string of the molecule is COc1ccc(N2C(=S)N[C@@H](c3ccccn3)[C@@H]2c2ccc(-c3ccccc3[N+](=O)[O-])o2)cc1NS(C)(=O)=O. The van der Waals surface area contributed by atoms with Crippen molar-refractivity contribution in [3.63, 3.8) is 0 Å². The minimum atomic E-state index is -3.60. The van der Waals surface area contributed by atoms with E-state index in [4.69, 9.17) is 21.4 Å². The summed E-state index contributed by atoms with van der Waals surface area (Å²) in [7, 11) is -2.16. The van der Waals surface area contributed by atoms with E-state index in [0.717, 1.165) is 6.26 Å². The maximum atomic E-state index is 12.0. The number of nitrogens with one attached hydrogen (secondary N) is 2. The highest BCUT2D eigenvalue weighted by Crippen LogP contribution is 2.45. The second-order valence-corrected chi connectivity index (χ2v) is 10.9. The molecule has 1 saturated heterocycles. The molecular weight excluding hydrogens is 542 g/mol. The zero-order valence-electron chi connectivity index (χ0n) is 20.8. The predicted octanol–water partition coefficient (Wildman–Crippen LogP) is 4.81. The molecule has 0 bridgehead atoms. The van der Waals surface area contributed by atoms with E-state index in [1.807, 2.05) is 12.1 Å². The minimum absolute atomic E-state index is 0.0803. The lowest BCUT2D eigenvalue weighted by atomic mass is 10.0. The number of nitro groups is 1. The Bertz CT molecular complexity index is 1660. The van der Waals surface area contributed by atoms with E-state index in [1.165, 1.54) is 13.2 Å². The fourth-order valence-corrected chi connectivity index (χ4v) is 5.45. The zero-order valence-corrected chi connectivity index (χ0v) is 22.4. The van der Waals surface area contributed by atoms with Crippen LogP contribution in [-0.2, 0) is 10.0 Å². The Morgan fingerprint density at radius 2 is 1.90 bits per heavy atom. The second-order valence-electron chi connectivity index (χ2n) is 8.73. The van der Waals surface area contributed by atoms with Crippen molar-refractivity contribution < 1.29 is 22.5 Å². The van der Waals surface area contributed by atoms with Crippen LogP contribution in [0.3, 0.4) is 0 Å². The quantitative estimate of drug-likeness (QED) is 0.174. The fraction of sp³-hybridized carbons (Fsp3) is 0.154. The normalized spacial score (nSPS) is 17.1. The van der Waals surface area contributed by atoms with Crippen molar-refractivity contribution in [3.05, 3.63) is 101 Å². The first-order valence-corrected chi connectivity index (χ1v) is 14.0. The molecular formula is C26H23N5O6S2. The number of thiocarbonyl (C=S) groups is 1.